The molecule has 2 aromatic rings. The number of thiophene rings is 1. The molecular formula is C16H17BrN2O3S2. The summed E-state index contributed by atoms with van der Waals surface area (Å²) in [4.78, 5) is 13.7. The van der Waals surface area contributed by atoms with Crippen LogP contribution in [0.3, 0.4) is 0 Å². The molecule has 2 heterocycles. The largest absolute Gasteiger partial charge is 0.350 e. The van der Waals surface area contributed by atoms with Crippen molar-refractivity contribution in [3.05, 3.63) is 51.1 Å². The van der Waals surface area contributed by atoms with Crippen molar-refractivity contribution in [2.75, 3.05) is 6.54 Å². The predicted octanol–water partition coefficient (Wildman–Crippen LogP) is 2.98. The average Bonchev–Trinajstić information content (AvgIpc) is 3.24. The molecule has 1 aromatic heterocycles. The summed E-state index contributed by atoms with van der Waals surface area (Å²) in [5.74, 6) is -0.235. The number of nitrogens with one attached hydrogen (secondary N) is 1. The second-order valence-corrected chi connectivity index (χ2v) is 9.36. The third-order valence-electron chi connectivity index (χ3n) is 3.94. The summed E-state index contributed by atoms with van der Waals surface area (Å²) in [6.07, 6.45) is 1.23. The molecule has 0 saturated carbocycles. The van der Waals surface area contributed by atoms with Crippen LogP contribution in [-0.4, -0.2) is 31.2 Å². The van der Waals surface area contributed by atoms with Gasteiger partial charge < -0.3 is 5.32 Å². The zero-order chi connectivity index (χ0) is 17.2. The van der Waals surface area contributed by atoms with Crippen LogP contribution in [0, 0.1) is 0 Å². The molecule has 1 atom stereocenters. The lowest BCUT2D eigenvalue weighted by molar-refractivity contribution is -0.124. The Morgan fingerprint density at radius 3 is 2.71 bits per heavy atom. The van der Waals surface area contributed by atoms with Crippen molar-refractivity contribution in [2.24, 2.45) is 0 Å². The highest BCUT2D eigenvalue weighted by Crippen LogP contribution is 2.27. The quantitative estimate of drug-likeness (QED) is 0.795. The fourth-order valence-electron chi connectivity index (χ4n) is 2.74. The molecule has 1 aromatic carbocycles. The summed E-state index contributed by atoms with van der Waals surface area (Å²) >= 11 is 4.86. The fraction of sp³-hybridized carbons (Fsp3) is 0.312. The second-order valence-electron chi connectivity index (χ2n) is 5.52. The van der Waals surface area contributed by atoms with Gasteiger partial charge in [0.2, 0.25) is 15.9 Å². The topological polar surface area (TPSA) is 66.5 Å². The minimum absolute atomic E-state index is 0.212. The zero-order valence-electron chi connectivity index (χ0n) is 12.8. The van der Waals surface area contributed by atoms with E-state index in [1.807, 2.05) is 17.5 Å². The van der Waals surface area contributed by atoms with Crippen molar-refractivity contribution in [2.45, 2.75) is 30.3 Å². The molecule has 1 aliphatic rings. The molecule has 1 fully saturated rings. The first-order chi connectivity index (χ1) is 11.5. The van der Waals surface area contributed by atoms with Crippen molar-refractivity contribution >= 4 is 43.2 Å². The summed E-state index contributed by atoms with van der Waals surface area (Å²) in [6, 6.07) is 9.71. The number of rotatable bonds is 5. The van der Waals surface area contributed by atoms with Crippen molar-refractivity contribution in [3.8, 4) is 0 Å². The van der Waals surface area contributed by atoms with E-state index in [1.165, 1.54) is 4.31 Å². The van der Waals surface area contributed by atoms with Crippen LogP contribution in [0.1, 0.15) is 17.7 Å². The molecule has 1 unspecified atom stereocenters. The Balaban J connectivity index is 1.74. The maximum atomic E-state index is 12.8. The van der Waals surface area contributed by atoms with Gasteiger partial charge in [-0.2, -0.15) is 4.31 Å². The van der Waals surface area contributed by atoms with Gasteiger partial charge in [0, 0.05) is 15.9 Å². The number of sulfonamides is 1. The number of carbonyl (C=O) groups excluding carboxylic acids is 1. The van der Waals surface area contributed by atoms with Crippen molar-refractivity contribution in [3.63, 3.8) is 0 Å². The number of halogens is 1. The van der Waals surface area contributed by atoms with E-state index in [0.717, 1.165) is 9.35 Å². The van der Waals surface area contributed by atoms with Crippen LogP contribution < -0.4 is 5.32 Å². The van der Waals surface area contributed by atoms with E-state index in [1.54, 1.807) is 35.6 Å². The van der Waals surface area contributed by atoms with Gasteiger partial charge >= 0.3 is 0 Å². The van der Waals surface area contributed by atoms with Crippen LogP contribution in [0.5, 0.6) is 0 Å². The van der Waals surface area contributed by atoms with Crippen LogP contribution in [0.25, 0.3) is 0 Å². The first kappa shape index (κ1) is 17.6. The van der Waals surface area contributed by atoms with Crippen molar-refractivity contribution < 1.29 is 13.2 Å². The number of hydrogen-bond donors (Lipinski definition) is 1. The SMILES string of the molecule is O=C(NCc1cccs1)C1CCCN1S(=O)(=O)c1ccc(Br)cc1. The summed E-state index contributed by atoms with van der Waals surface area (Å²) in [5, 5.41) is 4.79. The molecule has 3 rings (SSSR count). The summed E-state index contributed by atoms with van der Waals surface area (Å²) in [6.45, 7) is 0.800. The lowest BCUT2D eigenvalue weighted by Gasteiger charge is -2.23. The Bertz CT molecular complexity index is 804. The predicted molar refractivity (Wildman–Crippen MR) is 97.2 cm³/mol. The van der Waals surface area contributed by atoms with Gasteiger partial charge in [-0.25, -0.2) is 8.42 Å². The number of amides is 1. The second kappa shape index (κ2) is 7.35. The van der Waals surface area contributed by atoms with Gasteiger partial charge in [0.1, 0.15) is 6.04 Å². The van der Waals surface area contributed by atoms with Crippen LogP contribution in [-0.2, 0) is 21.4 Å². The number of hydrogen-bond acceptors (Lipinski definition) is 4. The maximum absolute atomic E-state index is 12.8. The lowest BCUT2D eigenvalue weighted by Crippen LogP contribution is -2.45. The molecule has 24 heavy (non-hydrogen) atoms. The van der Waals surface area contributed by atoms with Crippen LogP contribution in [0.15, 0.2) is 51.1 Å². The minimum atomic E-state index is -3.67. The van der Waals surface area contributed by atoms with Gasteiger partial charge in [-0.1, -0.05) is 22.0 Å². The smallest absolute Gasteiger partial charge is 0.243 e. The Hall–Kier alpha value is -1.22. The third-order valence-corrected chi connectivity index (χ3v) is 7.27. The minimum Gasteiger partial charge on any atom is -0.350 e. The van der Waals surface area contributed by atoms with E-state index in [2.05, 4.69) is 21.2 Å². The van der Waals surface area contributed by atoms with E-state index in [9.17, 15) is 13.2 Å². The number of nitrogens with zero attached hydrogens (tertiary/aromatic N) is 1. The summed E-state index contributed by atoms with van der Waals surface area (Å²) in [5.41, 5.74) is 0. The highest BCUT2D eigenvalue weighted by atomic mass is 79.9. The van der Waals surface area contributed by atoms with E-state index < -0.39 is 16.1 Å². The Kier molecular flexibility index (Phi) is 5.39. The van der Waals surface area contributed by atoms with E-state index in [4.69, 9.17) is 0 Å². The van der Waals surface area contributed by atoms with E-state index in [0.29, 0.717) is 25.9 Å². The van der Waals surface area contributed by atoms with Gasteiger partial charge in [0.25, 0.3) is 0 Å². The highest BCUT2D eigenvalue weighted by Gasteiger charge is 2.39. The maximum Gasteiger partial charge on any atom is 0.243 e. The molecule has 0 bridgehead atoms. The molecule has 1 aliphatic heterocycles. The zero-order valence-corrected chi connectivity index (χ0v) is 16.0. The molecule has 8 heteroatoms. The summed E-state index contributed by atoms with van der Waals surface area (Å²) in [7, 11) is -3.67. The fourth-order valence-corrected chi connectivity index (χ4v) is 5.30. The van der Waals surface area contributed by atoms with Crippen LogP contribution in [0.4, 0.5) is 0 Å². The van der Waals surface area contributed by atoms with E-state index in [-0.39, 0.29) is 10.8 Å². The standard InChI is InChI=1S/C16H17BrN2O3S2/c17-12-5-7-14(8-6-12)24(21,22)19-9-1-4-15(19)16(20)18-11-13-3-2-10-23-13/h2-3,5-8,10,15H,1,4,9,11H2,(H,18,20). The molecule has 1 saturated heterocycles. The van der Waals surface area contributed by atoms with Gasteiger partial charge in [0.15, 0.2) is 0 Å². The van der Waals surface area contributed by atoms with Gasteiger partial charge in [-0.15, -0.1) is 11.3 Å². The molecule has 1 N–H and O–H groups in total. The summed E-state index contributed by atoms with van der Waals surface area (Å²) < 4.78 is 27.8. The molecule has 0 spiro atoms. The van der Waals surface area contributed by atoms with Crippen LogP contribution in [0.2, 0.25) is 0 Å². The Labute approximate surface area is 153 Å². The van der Waals surface area contributed by atoms with Gasteiger partial charge in [0.05, 0.1) is 11.4 Å². The average molecular weight is 429 g/mol. The Morgan fingerprint density at radius 1 is 1.29 bits per heavy atom. The molecular weight excluding hydrogens is 412 g/mol. The molecule has 128 valence electrons. The lowest BCUT2D eigenvalue weighted by atomic mass is 10.2. The molecule has 5 nitrogen and oxygen atoms in total. The number of benzene rings is 1. The molecule has 0 aliphatic carbocycles. The van der Waals surface area contributed by atoms with Gasteiger partial charge in [-0.05, 0) is 48.6 Å². The van der Waals surface area contributed by atoms with Crippen LogP contribution >= 0.6 is 27.3 Å². The van der Waals surface area contributed by atoms with E-state index >= 15 is 0 Å². The third kappa shape index (κ3) is 3.72. The van der Waals surface area contributed by atoms with Crippen molar-refractivity contribution in [1.82, 2.24) is 9.62 Å². The monoisotopic (exact) mass is 428 g/mol. The van der Waals surface area contributed by atoms with Gasteiger partial charge in [-0.3, -0.25) is 4.79 Å². The Morgan fingerprint density at radius 2 is 2.04 bits per heavy atom. The first-order valence-corrected chi connectivity index (χ1v) is 10.7. The van der Waals surface area contributed by atoms with Crippen molar-refractivity contribution in [1.29, 1.82) is 0 Å². The first-order valence-electron chi connectivity index (χ1n) is 7.56. The molecule has 0 radical (unpaired) electrons. The normalized spacial score (nSPS) is 18.6. The number of carbonyl (C=O) groups is 1. The molecule has 1 amide bonds. The highest BCUT2D eigenvalue weighted by molar-refractivity contribution is 9.10.